The summed E-state index contributed by atoms with van der Waals surface area (Å²) in [6.45, 7) is 5.82. The van der Waals surface area contributed by atoms with Crippen LogP contribution in [0, 0.1) is 11.6 Å². The SMILES string of the molecule is CCN(CC(N)c1cccc(F)c1F)C(C)COC. The minimum Gasteiger partial charge on any atom is -0.383 e. The van der Waals surface area contributed by atoms with Gasteiger partial charge in [-0.05, 0) is 19.5 Å². The number of hydrogen-bond acceptors (Lipinski definition) is 3. The van der Waals surface area contributed by atoms with Crippen molar-refractivity contribution in [1.29, 1.82) is 0 Å². The largest absolute Gasteiger partial charge is 0.383 e. The Morgan fingerprint density at radius 2 is 2.05 bits per heavy atom. The van der Waals surface area contributed by atoms with Crippen molar-refractivity contribution in [2.45, 2.75) is 25.9 Å². The standard InChI is InChI=1S/C14H22F2N2O/c1-4-18(10(2)9-19-3)8-13(17)11-6-5-7-12(15)14(11)16/h5-7,10,13H,4,8-9,17H2,1-3H3. The highest BCUT2D eigenvalue weighted by Gasteiger charge is 2.19. The molecule has 0 aliphatic carbocycles. The highest BCUT2D eigenvalue weighted by molar-refractivity contribution is 5.22. The smallest absolute Gasteiger partial charge is 0.163 e. The van der Waals surface area contributed by atoms with E-state index in [1.54, 1.807) is 7.11 Å². The molecule has 0 aliphatic heterocycles. The van der Waals surface area contributed by atoms with E-state index >= 15 is 0 Å². The van der Waals surface area contributed by atoms with Crippen molar-refractivity contribution in [2.24, 2.45) is 5.73 Å². The molecule has 0 bridgehead atoms. The Morgan fingerprint density at radius 1 is 1.37 bits per heavy atom. The molecule has 0 heterocycles. The Kier molecular flexibility index (Phi) is 6.34. The van der Waals surface area contributed by atoms with Crippen molar-refractivity contribution in [2.75, 3.05) is 26.8 Å². The number of benzene rings is 1. The van der Waals surface area contributed by atoms with Gasteiger partial charge in [0.05, 0.1) is 6.61 Å². The molecular weight excluding hydrogens is 250 g/mol. The first-order valence-corrected chi connectivity index (χ1v) is 6.43. The fraction of sp³-hybridized carbons (Fsp3) is 0.571. The van der Waals surface area contributed by atoms with Gasteiger partial charge in [-0.3, -0.25) is 4.90 Å². The summed E-state index contributed by atoms with van der Waals surface area (Å²) in [6.07, 6.45) is 0. The second-order valence-corrected chi connectivity index (χ2v) is 4.64. The molecule has 0 aromatic heterocycles. The zero-order chi connectivity index (χ0) is 14.4. The summed E-state index contributed by atoms with van der Waals surface area (Å²) in [5, 5.41) is 0. The molecule has 0 aliphatic rings. The number of ether oxygens (including phenoxy) is 1. The van der Waals surface area contributed by atoms with Crippen LogP contribution in [-0.2, 0) is 4.74 Å². The Balaban J connectivity index is 2.77. The number of methoxy groups -OCH3 is 1. The number of halogens is 2. The topological polar surface area (TPSA) is 38.5 Å². The average molecular weight is 272 g/mol. The normalized spacial score (nSPS) is 14.7. The maximum Gasteiger partial charge on any atom is 0.163 e. The number of likely N-dealkylation sites (N-methyl/N-ethyl adjacent to an activating group) is 1. The maximum atomic E-state index is 13.7. The molecule has 0 saturated heterocycles. The van der Waals surface area contributed by atoms with Gasteiger partial charge in [-0.25, -0.2) is 8.78 Å². The monoisotopic (exact) mass is 272 g/mol. The van der Waals surface area contributed by atoms with Crippen LogP contribution in [0.25, 0.3) is 0 Å². The van der Waals surface area contributed by atoms with Crippen LogP contribution >= 0.6 is 0 Å². The first-order valence-electron chi connectivity index (χ1n) is 6.43. The van der Waals surface area contributed by atoms with E-state index in [2.05, 4.69) is 4.90 Å². The second kappa shape index (κ2) is 7.53. The summed E-state index contributed by atoms with van der Waals surface area (Å²) < 4.78 is 31.9. The van der Waals surface area contributed by atoms with Gasteiger partial charge in [-0.15, -0.1) is 0 Å². The summed E-state index contributed by atoms with van der Waals surface area (Å²) in [7, 11) is 1.64. The van der Waals surface area contributed by atoms with Gasteiger partial charge >= 0.3 is 0 Å². The van der Waals surface area contributed by atoms with E-state index in [1.165, 1.54) is 12.1 Å². The van der Waals surface area contributed by atoms with Gasteiger partial charge in [0.25, 0.3) is 0 Å². The Morgan fingerprint density at radius 3 is 2.63 bits per heavy atom. The molecule has 2 atom stereocenters. The molecule has 19 heavy (non-hydrogen) atoms. The molecule has 2 N–H and O–H groups in total. The van der Waals surface area contributed by atoms with Gasteiger partial charge in [0.15, 0.2) is 11.6 Å². The summed E-state index contributed by atoms with van der Waals surface area (Å²) in [5.41, 5.74) is 6.20. The van der Waals surface area contributed by atoms with Crippen molar-refractivity contribution >= 4 is 0 Å². The molecule has 0 radical (unpaired) electrons. The molecule has 0 fully saturated rings. The minimum absolute atomic E-state index is 0.178. The van der Waals surface area contributed by atoms with E-state index in [0.717, 1.165) is 12.6 Å². The van der Waals surface area contributed by atoms with Crippen LogP contribution < -0.4 is 5.73 Å². The van der Waals surface area contributed by atoms with E-state index in [4.69, 9.17) is 10.5 Å². The van der Waals surface area contributed by atoms with Crippen molar-refractivity contribution in [1.82, 2.24) is 4.90 Å². The third kappa shape index (κ3) is 4.23. The van der Waals surface area contributed by atoms with Crippen LogP contribution in [0.3, 0.4) is 0 Å². The first-order chi connectivity index (χ1) is 9.01. The van der Waals surface area contributed by atoms with Crippen molar-refractivity contribution < 1.29 is 13.5 Å². The predicted molar refractivity (Wildman–Crippen MR) is 71.9 cm³/mol. The third-order valence-corrected chi connectivity index (χ3v) is 3.25. The maximum absolute atomic E-state index is 13.7. The molecule has 0 saturated carbocycles. The summed E-state index contributed by atoms with van der Waals surface area (Å²) in [4.78, 5) is 2.08. The van der Waals surface area contributed by atoms with E-state index in [-0.39, 0.29) is 11.6 Å². The molecule has 2 unspecified atom stereocenters. The summed E-state index contributed by atoms with van der Waals surface area (Å²) in [6, 6.07) is 3.71. The first kappa shape index (κ1) is 16.0. The van der Waals surface area contributed by atoms with Gasteiger partial charge in [0.2, 0.25) is 0 Å². The van der Waals surface area contributed by atoms with Crippen LogP contribution in [-0.4, -0.2) is 37.7 Å². The highest BCUT2D eigenvalue weighted by atomic mass is 19.2. The van der Waals surface area contributed by atoms with E-state index in [1.807, 2.05) is 13.8 Å². The van der Waals surface area contributed by atoms with E-state index < -0.39 is 17.7 Å². The fourth-order valence-corrected chi connectivity index (χ4v) is 2.13. The number of rotatable bonds is 7. The Labute approximate surface area is 113 Å². The van der Waals surface area contributed by atoms with E-state index in [0.29, 0.717) is 13.2 Å². The van der Waals surface area contributed by atoms with Gasteiger partial charge in [-0.1, -0.05) is 19.1 Å². The number of hydrogen-bond donors (Lipinski definition) is 1. The van der Waals surface area contributed by atoms with Crippen LogP contribution in [0.2, 0.25) is 0 Å². The van der Waals surface area contributed by atoms with Gasteiger partial charge in [0.1, 0.15) is 0 Å². The third-order valence-electron chi connectivity index (χ3n) is 3.25. The van der Waals surface area contributed by atoms with Crippen molar-refractivity contribution in [3.8, 4) is 0 Å². The zero-order valence-corrected chi connectivity index (χ0v) is 11.7. The quantitative estimate of drug-likeness (QED) is 0.828. The fourth-order valence-electron chi connectivity index (χ4n) is 2.13. The number of nitrogens with two attached hydrogens (primary N) is 1. The van der Waals surface area contributed by atoms with Crippen LogP contribution in [0.1, 0.15) is 25.5 Å². The molecule has 3 nitrogen and oxygen atoms in total. The van der Waals surface area contributed by atoms with Gasteiger partial charge in [0, 0.05) is 31.3 Å². The lowest BCUT2D eigenvalue weighted by molar-refractivity contribution is 0.0983. The lowest BCUT2D eigenvalue weighted by Gasteiger charge is -2.30. The van der Waals surface area contributed by atoms with E-state index in [9.17, 15) is 8.78 Å². The molecule has 1 rings (SSSR count). The highest BCUT2D eigenvalue weighted by Crippen LogP contribution is 2.19. The summed E-state index contributed by atoms with van der Waals surface area (Å²) in [5.74, 6) is -1.72. The summed E-state index contributed by atoms with van der Waals surface area (Å²) >= 11 is 0. The van der Waals surface area contributed by atoms with Crippen molar-refractivity contribution in [3.05, 3.63) is 35.4 Å². The van der Waals surface area contributed by atoms with Crippen LogP contribution in [0.5, 0.6) is 0 Å². The number of nitrogens with zero attached hydrogens (tertiary/aromatic N) is 1. The lowest BCUT2D eigenvalue weighted by Crippen LogP contribution is -2.41. The van der Waals surface area contributed by atoms with Gasteiger partial charge in [-0.2, -0.15) is 0 Å². The molecule has 0 amide bonds. The zero-order valence-electron chi connectivity index (χ0n) is 11.7. The average Bonchev–Trinajstić information content (AvgIpc) is 2.39. The minimum atomic E-state index is -0.860. The van der Waals surface area contributed by atoms with Gasteiger partial charge < -0.3 is 10.5 Å². The molecule has 1 aromatic rings. The second-order valence-electron chi connectivity index (χ2n) is 4.64. The molecule has 108 valence electrons. The Hall–Kier alpha value is -1.04. The molecule has 5 heteroatoms. The van der Waals surface area contributed by atoms with Crippen LogP contribution in [0.15, 0.2) is 18.2 Å². The lowest BCUT2D eigenvalue weighted by atomic mass is 10.1. The van der Waals surface area contributed by atoms with Crippen LogP contribution in [0.4, 0.5) is 8.78 Å². The predicted octanol–water partition coefficient (Wildman–Crippen LogP) is 2.32. The Bertz CT molecular complexity index is 401. The van der Waals surface area contributed by atoms with Crippen molar-refractivity contribution in [3.63, 3.8) is 0 Å². The molecular formula is C14H22F2N2O. The molecule has 0 spiro atoms. The molecule has 1 aromatic carbocycles.